The number of amides is 3. The molecule has 1 aliphatic heterocycles. The molecule has 0 bridgehead atoms. The van der Waals surface area contributed by atoms with Crippen LogP contribution in [-0.2, 0) is 0 Å². The summed E-state index contributed by atoms with van der Waals surface area (Å²) >= 11 is 0. The van der Waals surface area contributed by atoms with E-state index in [1.54, 1.807) is 24.3 Å². The Hall–Kier alpha value is -2.04. The number of carbonyl (C=O) groups excluding carboxylic acids is 2. The maximum absolute atomic E-state index is 12.1. The molecular weight excluding hydrogens is 230 g/mol. The Morgan fingerprint density at radius 1 is 1.06 bits per heavy atom. The summed E-state index contributed by atoms with van der Waals surface area (Å²) < 4.78 is 0. The lowest BCUT2D eigenvalue weighted by Crippen LogP contribution is -2.35. The fourth-order valence-corrected chi connectivity index (χ4v) is 2.12. The van der Waals surface area contributed by atoms with Gasteiger partial charge in [-0.2, -0.15) is 0 Å². The molecule has 1 aromatic rings. The molecule has 0 radical (unpaired) electrons. The summed E-state index contributed by atoms with van der Waals surface area (Å²) in [5, 5.41) is 2.46. The number of hydrogen-bond acceptors (Lipinski definition) is 2. The molecule has 0 aromatic heterocycles. The van der Waals surface area contributed by atoms with Gasteiger partial charge in [-0.25, -0.2) is 4.79 Å². The number of carbonyl (C=O) groups is 2. The summed E-state index contributed by atoms with van der Waals surface area (Å²) in [5.74, 6) is 0.0559. The second kappa shape index (κ2) is 5.53. The Bertz CT molecular complexity index is 436. The van der Waals surface area contributed by atoms with Crippen molar-refractivity contribution in [2.75, 3.05) is 18.4 Å². The first-order chi connectivity index (χ1) is 8.66. The minimum atomic E-state index is -0.606. The molecule has 5 heteroatoms. The van der Waals surface area contributed by atoms with Crippen molar-refractivity contribution in [3.8, 4) is 0 Å². The molecule has 0 unspecified atom stereocenters. The molecule has 18 heavy (non-hydrogen) atoms. The molecule has 1 aromatic carbocycles. The van der Waals surface area contributed by atoms with Crippen molar-refractivity contribution in [2.45, 2.75) is 19.3 Å². The van der Waals surface area contributed by atoms with Crippen LogP contribution in [0.3, 0.4) is 0 Å². The van der Waals surface area contributed by atoms with Crippen molar-refractivity contribution in [1.82, 2.24) is 4.90 Å². The lowest BCUT2D eigenvalue weighted by Gasteiger charge is -2.26. The Morgan fingerprint density at radius 2 is 1.67 bits per heavy atom. The van der Waals surface area contributed by atoms with E-state index in [2.05, 4.69) is 5.32 Å². The molecule has 2 rings (SSSR count). The van der Waals surface area contributed by atoms with Crippen LogP contribution in [0.5, 0.6) is 0 Å². The standard InChI is InChI=1S/C13H17N3O2/c14-13(18)15-11-6-4-10(5-7-11)12(17)16-8-2-1-3-9-16/h4-7H,1-3,8-9H2,(H3,14,15,18). The van der Waals surface area contributed by atoms with Gasteiger partial charge >= 0.3 is 6.03 Å². The Morgan fingerprint density at radius 3 is 2.22 bits per heavy atom. The average Bonchev–Trinajstić information content (AvgIpc) is 2.39. The largest absolute Gasteiger partial charge is 0.351 e. The van der Waals surface area contributed by atoms with Crippen LogP contribution in [0.15, 0.2) is 24.3 Å². The van der Waals surface area contributed by atoms with Gasteiger partial charge in [0.25, 0.3) is 5.91 Å². The smallest absolute Gasteiger partial charge is 0.316 e. The fraction of sp³-hybridized carbons (Fsp3) is 0.385. The molecule has 0 aliphatic carbocycles. The number of primary amides is 1. The van der Waals surface area contributed by atoms with Crippen molar-refractivity contribution < 1.29 is 9.59 Å². The van der Waals surface area contributed by atoms with E-state index in [0.29, 0.717) is 11.3 Å². The molecule has 1 fully saturated rings. The van der Waals surface area contributed by atoms with Crippen molar-refractivity contribution in [1.29, 1.82) is 0 Å². The number of nitrogens with zero attached hydrogens (tertiary/aromatic N) is 1. The zero-order chi connectivity index (χ0) is 13.0. The summed E-state index contributed by atoms with van der Waals surface area (Å²) in [6, 6.07) is 6.18. The molecule has 5 nitrogen and oxygen atoms in total. The third kappa shape index (κ3) is 3.00. The molecule has 3 N–H and O–H groups in total. The van der Waals surface area contributed by atoms with E-state index in [1.165, 1.54) is 6.42 Å². The zero-order valence-corrected chi connectivity index (χ0v) is 10.2. The molecular formula is C13H17N3O2. The van der Waals surface area contributed by atoms with E-state index in [1.807, 2.05) is 4.90 Å². The Balaban J connectivity index is 2.04. The second-order valence-electron chi connectivity index (χ2n) is 4.42. The number of rotatable bonds is 2. The number of likely N-dealkylation sites (tertiary alicyclic amines) is 1. The molecule has 0 spiro atoms. The number of nitrogens with one attached hydrogen (secondary N) is 1. The fourth-order valence-electron chi connectivity index (χ4n) is 2.12. The predicted octanol–water partition coefficient (Wildman–Crippen LogP) is 1.80. The average molecular weight is 247 g/mol. The first-order valence-electron chi connectivity index (χ1n) is 6.12. The highest BCUT2D eigenvalue weighted by Gasteiger charge is 2.17. The van der Waals surface area contributed by atoms with Crippen LogP contribution in [0, 0.1) is 0 Å². The van der Waals surface area contributed by atoms with Crippen LogP contribution in [0.4, 0.5) is 10.5 Å². The summed E-state index contributed by atoms with van der Waals surface area (Å²) in [6.07, 6.45) is 3.35. The van der Waals surface area contributed by atoms with Crippen LogP contribution in [0.25, 0.3) is 0 Å². The van der Waals surface area contributed by atoms with E-state index in [0.717, 1.165) is 25.9 Å². The number of urea groups is 1. The highest BCUT2D eigenvalue weighted by molar-refractivity contribution is 5.95. The van der Waals surface area contributed by atoms with Gasteiger partial charge in [-0.05, 0) is 43.5 Å². The monoisotopic (exact) mass is 247 g/mol. The van der Waals surface area contributed by atoms with Crippen LogP contribution in [-0.4, -0.2) is 29.9 Å². The molecule has 0 atom stereocenters. The number of anilines is 1. The minimum absolute atomic E-state index is 0.0559. The van der Waals surface area contributed by atoms with Gasteiger partial charge in [-0.3, -0.25) is 4.79 Å². The number of nitrogens with two attached hydrogens (primary N) is 1. The van der Waals surface area contributed by atoms with Crippen LogP contribution in [0.1, 0.15) is 29.6 Å². The van der Waals surface area contributed by atoms with E-state index in [9.17, 15) is 9.59 Å². The van der Waals surface area contributed by atoms with Gasteiger partial charge in [0.1, 0.15) is 0 Å². The van der Waals surface area contributed by atoms with Gasteiger partial charge in [0.05, 0.1) is 0 Å². The molecule has 3 amide bonds. The SMILES string of the molecule is NC(=O)Nc1ccc(C(=O)N2CCCCC2)cc1. The van der Waals surface area contributed by atoms with Gasteiger partial charge in [0.15, 0.2) is 0 Å². The number of benzene rings is 1. The highest BCUT2D eigenvalue weighted by atomic mass is 16.2. The summed E-state index contributed by atoms with van der Waals surface area (Å²) in [5.41, 5.74) is 6.25. The first kappa shape index (κ1) is 12.4. The first-order valence-corrected chi connectivity index (χ1v) is 6.12. The topological polar surface area (TPSA) is 75.4 Å². The van der Waals surface area contributed by atoms with Crippen LogP contribution >= 0.6 is 0 Å². The van der Waals surface area contributed by atoms with E-state index < -0.39 is 6.03 Å². The van der Waals surface area contributed by atoms with E-state index in [-0.39, 0.29) is 5.91 Å². The molecule has 96 valence electrons. The van der Waals surface area contributed by atoms with Gasteiger partial charge in [-0.1, -0.05) is 0 Å². The van der Waals surface area contributed by atoms with Gasteiger partial charge < -0.3 is 16.0 Å². The third-order valence-electron chi connectivity index (χ3n) is 3.04. The minimum Gasteiger partial charge on any atom is -0.351 e. The van der Waals surface area contributed by atoms with Gasteiger partial charge in [0.2, 0.25) is 0 Å². The van der Waals surface area contributed by atoms with Crippen molar-refractivity contribution in [3.63, 3.8) is 0 Å². The summed E-state index contributed by atoms with van der Waals surface area (Å²) in [6.45, 7) is 1.67. The van der Waals surface area contributed by atoms with Crippen molar-refractivity contribution in [2.24, 2.45) is 5.73 Å². The number of hydrogen-bond donors (Lipinski definition) is 2. The van der Waals surface area contributed by atoms with Gasteiger partial charge in [0, 0.05) is 24.3 Å². The molecule has 1 heterocycles. The maximum atomic E-state index is 12.1. The lowest BCUT2D eigenvalue weighted by molar-refractivity contribution is 0.0724. The van der Waals surface area contributed by atoms with Crippen LogP contribution in [0.2, 0.25) is 0 Å². The lowest BCUT2D eigenvalue weighted by atomic mass is 10.1. The summed E-state index contributed by atoms with van der Waals surface area (Å²) in [4.78, 5) is 24.7. The zero-order valence-electron chi connectivity index (χ0n) is 10.2. The third-order valence-corrected chi connectivity index (χ3v) is 3.04. The van der Waals surface area contributed by atoms with Crippen molar-refractivity contribution >= 4 is 17.6 Å². The Labute approximate surface area is 106 Å². The normalized spacial score (nSPS) is 15.2. The molecule has 0 saturated carbocycles. The van der Waals surface area contributed by atoms with Gasteiger partial charge in [-0.15, -0.1) is 0 Å². The summed E-state index contributed by atoms with van der Waals surface area (Å²) in [7, 11) is 0. The highest BCUT2D eigenvalue weighted by Crippen LogP contribution is 2.15. The van der Waals surface area contributed by atoms with E-state index >= 15 is 0 Å². The maximum Gasteiger partial charge on any atom is 0.316 e. The second-order valence-corrected chi connectivity index (χ2v) is 4.42. The van der Waals surface area contributed by atoms with E-state index in [4.69, 9.17) is 5.73 Å². The molecule has 1 aliphatic rings. The molecule has 1 saturated heterocycles. The number of piperidine rings is 1. The predicted molar refractivity (Wildman–Crippen MR) is 69.4 cm³/mol. The quantitative estimate of drug-likeness (QED) is 0.836. The Kier molecular flexibility index (Phi) is 3.82. The van der Waals surface area contributed by atoms with Crippen LogP contribution < -0.4 is 11.1 Å². The van der Waals surface area contributed by atoms with Crippen molar-refractivity contribution in [3.05, 3.63) is 29.8 Å².